The van der Waals surface area contributed by atoms with Crippen molar-refractivity contribution in [3.63, 3.8) is 0 Å². The van der Waals surface area contributed by atoms with Crippen LogP contribution >= 0.6 is 0 Å². The van der Waals surface area contributed by atoms with E-state index in [0.717, 1.165) is 51.4 Å². The number of carbonyl (C=O) groups is 1. The van der Waals surface area contributed by atoms with Gasteiger partial charge in [0.05, 0.1) is 24.2 Å². The summed E-state index contributed by atoms with van der Waals surface area (Å²) in [7, 11) is 0. The first-order valence-corrected chi connectivity index (χ1v) is 19.4. The van der Waals surface area contributed by atoms with E-state index in [2.05, 4.69) is 47.3 Å². The Balaban J connectivity index is 1.09. The van der Waals surface area contributed by atoms with Gasteiger partial charge < -0.3 is 49.6 Å². The van der Waals surface area contributed by atoms with E-state index in [-0.39, 0.29) is 40.3 Å². The molecule has 0 spiro atoms. The van der Waals surface area contributed by atoms with E-state index in [1.54, 1.807) is 6.92 Å². The number of carboxylic acids is 1. The molecule has 6 fully saturated rings. The van der Waals surface area contributed by atoms with Crippen LogP contribution in [0.4, 0.5) is 0 Å². The van der Waals surface area contributed by atoms with Gasteiger partial charge in [0.25, 0.3) is 0 Å². The lowest BCUT2D eigenvalue weighted by Crippen LogP contribution is -2.65. The Labute approximate surface area is 302 Å². The maximum absolute atomic E-state index is 12.9. The molecule has 5 aliphatic carbocycles. The van der Waals surface area contributed by atoms with Crippen LogP contribution in [0.25, 0.3) is 0 Å². The first-order chi connectivity index (χ1) is 23.8. The largest absolute Gasteiger partial charge is 0.481 e. The summed E-state index contributed by atoms with van der Waals surface area (Å²) in [5.74, 6) is 0.123. The van der Waals surface area contributed by atoms with E-state index in [1.807, 2.05) is 0 Å². The summed E-state index contributed by atoms with van der Waals surface area (Å²) in [4.78, 5) is 12.9. The monoisotopic (exact) mass is 718 g/mol. The van der Waals surface area contributed by atoms with Crippen LogP contribution in [0.1, 0.15) is 106 Å². The summed E-state index contributed by atoms with van der Waals surface area (Å²) >= 11 is 0. The van der Waals surface area contributed by atoms with Gasteiger partial charge in [-0.15, -0.1) is 0 Å². The fourth-order valence-corrected chi connectivity index (χ4v) is 12.9. The Morgan fingerprint density at radius 2 is 1.59 bits per heavy atom. The summed E-state index contributed by atoms with van der Waals surface area (Å²) < 4.78 is 24.0. The highest BCUT2D eigenvalue weighted by Gasteiger charge is 2.69. The molecule has 0 aromatic heterocycles. The van der Waals surface area contributed by atoms with Crippen molar-refractivity contribution in [3.05, 3.63) is 23.8 Å². The number of fused-ring (bicyclic) bond motifs is 7. The van der Waals surface area contributed by atoms with Crippen LogP contribution in [0.15, 0.2) is 23.8 Å². The van der Waals surface area contributed by atoms with Crippen LogP contribution in [-0.4, -0.2) is 105 Å². The second-order valence-corrected chi connectivity index (χ2v) is 18.8. The van der Waals surface area contributed by atoms with E-state index < -0.39 is 66.7 Å². The van der Waals surface area contributed by atoms with Crippen molar-refractivity contribution in [3.8, 4) is 0 Å². The summed E-state index contributed by atoms with van der Waals surface area (Å²) in [5.41, 5.74) is 1.54. The van der Waals surface area contributed by atoms with Gasteiger partial charge in [0.15, 0.2) is 12.6 Å². The molecule has 2 aliphatic heterocycles. The van der Waals surface area contributed by atoms with Gasteiger partial charge in [0.1, 0.15) is 36.6 Å². The van der Waals surface area contributed by atoms with Gasteiger partial charge in [-0.05, 0) is 105 Å². The molecule has 11 nitrogen and oxygen atoms in total. The molecule has 4 saturated carbocycles. The van der Waals surface area contributed by atoms with E-state index in [0.29, 0.717) is 24.7 Å². The molecule has 288 valence electrons. The predicted molar refractivity (Wildman–Crippen MR) is 186 cm³/mol. The smallest absolute Gasteiger partial charge is 0.310 e. The van der Waals surface area contributed by atoms with Crippen molar-refractivity contribution >= 4 is 5.97 Å². The van der Waals surface area contributed by atoms with Crippen molar-refractivity contribution in [1.82, 2.24) is 0 Å². The van der Waals surface area contributed by atoms with Crippen molar-refractivity contribution in [2.24, 2.45) is 44.8 Å². The second kappa shape index (κ2) is 12.8. The Hall–Kier alpha value is -1.41. The quantitative estimate of drug-likeness (QED) is 0.179. The maximum atomic E-state index is 12.9. The number of aliphatic hydroxyl groups is 5. The average Bonchev–Trinajstić information content (AvgIpc) is 3.06. The lowest BCUT2D eigenvalue weighted by Gasteiger charge is -2.71. The number of ether oxygens (including phenoxy) is 4. The normalized spacial score (nSPS) is 53.9. The third kappa shape index (κ3) is 5.49. The molecule has 0 bridgehead atoms. The molecule has 7 rings (SSSR count). The molecule has 0 amide bonds. The fraction of sp³-hybridized carbons (Fsp3) is 0.875. The molecular formula is C40H62O11. The molecule has 0 unspecified atom stereocenters. The van der Waals surface area contributed by atoms with Gasteiger partial charge in [-0.25, -0.2) is 0 Å². The number of aliphatic hydroxyl groups excluding tert-OH is 5. The van der Waals surface area contributed by atoms with Crippen LogP contribution in [0.2, 0.25) is 0 Å². The molecule has 51 heavy (non-hydrogen) atoms. The van der Waals surface area contributed by atoms with Gasteiger partial charge >= 0.3 is 5.97 Å². The minimum Gasteiger partial charge on any atom is -0.481 e. The number of rotatable bonds is 5. The molecule has 2 saturated heterocycles. The van der Waals surface area contributed by atoms with Crippen LogP contribution in [0.3, 0.4) is 0 Å². The van der Waals surface area contributed by atoms with Crippen molar-refractivity contribution in [2.45, 2.75) is 167 Å². The molecule has 11 heteroatoms. The number of allylic oxidation sites excluding steroid dienone is 3. The van der Waals surface area contributed by atoms with E-state index in [4.69, 9.17) is 18.9 Å². The SMILES string of the molecule is C=C1CC[C@]2(C(=O)O)CC[C@]3(C)C(=CC[C@@H]4[C@@]5(C)CC[C@H](O[C@@H]6OC[C@H](O)[C@H](O[C@@H]7O[C@@H](C)[C@H](O)[C@@H](O)[C@H]7O)[C@H]6O)C(C)(C)[C@@H]5CC[C@]43C)[C@@H]2C1. The summed E-state index contributed by atoms with van der Waals surface area (Å²) in [5, 5.41) is 63.6. The molecule has 17 atom stereocenters. The summed E-state index contributed by atoms with van der Waals surface area (Å²) in [6.45, 7) is 17.7. The summed E-state index contributed by atoms with van der Waals surface area (Å²) in [6, 6.07) is 0. The molecule has 7 aliphatic rings. The molecular weight excluding hydrogens is 656 g/mol. The molecule has 6 N–H and O–H groups in total. The number of carboxylic acid groups (broad SMARTS) is 1. The molecule has 0 aromatic rings. The van der Waals surface area contributed by atoms with Gasteiger partial charge in [-0.1, -0.05) is 58.4 Å². The van der Waals surface area contributed by atoms with Gasteiger partial charge in [0.2, 0.25) is 0 Å². The third-order valence-electron chi connectivity index (χ3n) is 16.2. The van der Waals surface area contributed by atoms with Crippen molar-refractivity contribution < 1.29 is 54.4 Å². The second-order valence-electron chi connectivity index (χ2n) is 18.8. The zero-order valence-electron chi connectivity index (χ0n) is 31.3. The predicted octanol–water partition coefficient (Wildman–Crippen LogP) is 4.08. The molecule has 0 radical (unpaired) electrons. The van der Waals surface area contributed by atoms with E-state index >= 15 is 0 Å². The highest BCUT2D eigenvalue weighted by Crippen LogP contribution is 2.75. The maximum Gasteiger partial charge on any atom is 0.310 e. The fourth-order valence-electron chi connectivity index (χ4n) is 12.9. The minimum absolute atomic E-state index is 0.0140. The number of hydrogen-bond donors (Lipinski definition) is 6. The number of hydrogen-bond acceptors (Lipinski definition) is 10. The first-order valence-electron chi connectivity index (χ1n) is 19.4. The highest BCUT2D eigenvalue weighted by molar-refractivity contribution is 5.77. The van der Waals surface area contributed by atoms with Gasteiger partial charge in [0, 0.05) is 5.92 Å². The molecule has 0 aromatic carbocycles. The highest BCUT2D eigenvalue weighted by atomic mass is 16.7. The topological polar surface area (TPSA) is 175 Å². The van der Waals surface area contributed by atoms with Crippen LogP contribution in [0.5, 0.6) is 0 Å². The first kappa shape index (κ1) is 37.9. The third-order valence-corrected chi connectivity index (χ3v) is 16.2. The van der Waals surface area contributed by atoms with Crippen molar-refractivity contribution in [2.75, 3.05) is 6.61 Å². The van der Waals surface area contributed by atoms with E-state index in [9.17, 15) is 35.4 Å². The van der Waals surface area contributed by atoms with Gasteiger partial charge in [-0.2, -0.15) is 0 Å². The van der Waals surface area contributed by atoms with Crippen LogP contribution < -0.4 is 0 Å². The summed E-state index contributed by atoms with van der Waals surface area (Å²) in [6.07, 6.45) is -0.734. The zero-order valence-corrected chi connectivity index (χ0v) is 31.3. The Morgan fingerprint density at radius 1 is 0.863 bits per heavy atom. The lowest BCUT2D eigenvalue weighted by molar-refractivity contribution is -0.354. The average molecular weight is 719 g/mol. The van der Waals surface area contributed by atoms with Gasteiger partial charge in [-0.3, -0.25) is 4.79 Å². The number of aliphatic carboxylic acids is 1. The Morgan fingerprint density at radius 3 is 2.29 bits per heavy atom. The van der Waals surface area contributed by atoms with Crippen molar-refractivity contribution in [1.29, 1.82) is 0 Å². The minimum atomic E-state index is -1.58. The zero-order chi connectivity index (χ0) is 37.1. The standard InChI is InChI=1S/C40H62O11/c1-20-10-15-40(35(46)47)17-16-38(6)22(23(40)18-20)8-9-26-37(5)13-12-27(36(3,4)25(37)11-14-39(26,38)7)50-33-31(45)32(24(41)19-48-33)51-34-30(44)29(43)28(42)21(2)49-34/h8,21,23-34,41-45H,1,9-19H2,2-7H3,(H,46,47)/t21-,23-,24-,25-,26+,27-,28-,29+,30+,31+,32-,33-,34-,37-,38+,39+,40-/m0/s1. The van der Waals surface area contributed by atoms with Crippen LogP contribution in [-0.2, 0) is 23.7 Å². The molecule has 2 heterocycles. The lowest BCUT2D eigenvalue weighted by atomic mass is 9.34. The Bertz CT molecular complexity index is 1410. The van der Waals surface area contributed by atoms with E-state index in [1.165, 1.54) is 11.1 Å². The van der Waals surface area contributed by atoms with Crippen LogP contribution in [0, 0.1) is 44.8 Å². The Kier molecular flexibility index (Phi) is 9.54.